The Morgan fingerprint density at radius 3 is 2.50 bits per heavy atom. The third kappa shape index (κ3) is 3.15. The molecule has 0 aromatic heterocycles. The molecule has 1 atom stereocenters. The zero-order chi connectivity index (χ0) is 17.9. The number of hydrogen-bond acceptors (Lipinski definition) is 5. The lowest BCUT2D eigenvalue weighted by Gasteiger charge is -2.43. The van der Waals surface area contributed by atoms with Gasteiger partial charge in [0.15, 0.2) is 0 Å². The van der Waals surface area contributed by atoms with E-state index in [0.717, 1.165) is 36.0 Å². The number of hydrogen-bond donors (Lipinski definition) is 1. The van der Waals surface area contributed by atoms with Crippen LogP contribution in [-0.4, -0.2) is 48.2 Å². The zero-order valence-corrected chi connectivity index (χ0v) is 14.4. The average Bonchev–Trinajstić information content (AvgIpc) is 2.68. The Hall–Kier alpha value is -2.86. The number of carboxylic acid groups (broad SMARTS) is 1. The summed E-state index contributed by atoms with van der Waals surface area (Å²) in [5.41, 5.74) is 2.72. The van der Waals surface area contributed by atoms with Gasteiger partial charge in [-0.1, -0.05) is 36.4 Å². The number of fused-ring (bicyclic) bond motifs is 1. The van der Waals surface area contributed by atoms with Gasteiger partial charge in [-0.3, -0.25) is 4.79 Å². The molecule has 2 aromatic rings. The SMILES string of the molecule is O=C(O)CC1c2ccccc2N=C(N2CCOCC2)N1c1ccccc1. The number of rotatable bonds is 3. The van der Waals surface area contributed by atoms with E-state index in [9.17, 15) is 9.90 Å². The van der Waals surface area contributed by atoms with E-state index in [-0.39, 0.29) is 12.5 Å². The van der Waals surface area contributed by atoms with E-state index in [1.54, 1.807) is 0 Å². The maximum atomic E-state index is 11.6. The number of ether oxygens (including phenoxy) is 1. The van der Waals surface area contributed by atoms with Crippen LogP contribution in [-0.2, 0) is 9.53 Å². The number of carboxylic acids is 1. The van der Waals surface area contributed by atoms with Crippen molar-refractivity contribution in [1.29, 1.82) is 0 Å². The Kier molecular flexibility index (Phi) is 4.58. The first-order valence-corrected chi connectivity index (χ1v) is 8.80. The van der Waals surface area contributed by atoms with Crippen molar-refractivity contribution in [3.05, 3.63) is 60.2 Å². The Morgan fingerprint density at radius 2 is 1.77 bits per heavy atom. The molecule has 2 aliphatic heterocycles. The molecular weight excluding hydrogens is 330 g/mol. The summed E-state index contributed by atoms with van der Waals surface area (Å²) < 4.78 is 5.48. The molecule has 0 saturated carbocycles. The molecule has 1 N–H and O–H groups in total. The first-order chi connectivity index (χ1) is 12.7. The largest absolute Gasteiger partial charge is 0.481 e. The van der Waals surface area contributed by atoms with Crippen molar-refractivity contribution in [2.75, 3.05) is 31.2 Å². The summed E-state index contributed by atoms with van der Waals surface area (Å²) >= 11 is 0. The standard InChI is InChI=1S/C20H21N3O3/c24-19(25)14-18-16-8-4-5-9-17(16)21-20(22-10-12-26-13-11-22)23(18)15-6-2-1-3-7-15/h1-9,18H,10-14H2,(H,24,25). The van der Waals surface area contributed by atoms with Crippen molar-refractivity contribution >= 4 is 23.3 Å². The highest BCUT2D eigenvalue weighted by atomic mass is 16.5. The molecule has 134 valence electrons. The second-order valence-electron chi connectivity index (χ2n) is 6.39. The number of aliphatic imine (C=N–C) groups is 1. The Labute approximate surface area is 152 Å². The first-order valence-electron chi connectivity index (χ1n) is 8.80. The lowest BCUT2D eigenvalue weighted by atomic mass is 9.97. The summed E-state index contributed by atoms with van der Waals surface area (Å²) in [6.07, 6.45) is 0.00919. The molecule has 1 unspecified atom stereocenters. The van der Waals surface area contributed by atoms with E-state index in [2.05, 4.69) is 9.80 Å². The van der Waals surface area contributed by atoms with E-state index >= 15 is 0 Å². The van der Waals surface area contributed by atoms with Crippen LogP contribution in [0.2, 0.25) is 0 Å². The van der Waals surface area contributed by atoms with Crippen molar-refractivity contribution in [1.82, 2.24) is 4.90 Å². The minimum Gasteiger partial charge on any atom is -0.481 e. The summed E-state index contributed by atoms with van der Waals surface area (Å²) in [7, 11) is 0. The fourth-order valence-electron chi connectivity index (χ4n) is 3.55. The van der Waals surface area contributed by atoms with Gasteiger partial charge in [-0.25, -0.2) is 4.99 Å². The summed E-state index contributed by atoms with van der Waals surface area (Å²) in [5.74, 6) is -0.0292. The molecule has 0 bridgehead atoms. The lowest BCUT2D eigenvalue weighted by molar-refractivity contribution is -0.137. The summed E-state index contributed by atoms with van der Waals surface area (Å²) in [4.78, 5) is 20.8. The molecule has 1 fully saturated rings. The third-order valence-corrected chi connectivity index (χ3v) is 4.74. The number of guanidine groups is 1. The van der Waals surface area contributed by atoms with E-state index < -0.39 is 5.97 Å². The monoisotopic (exact) mass is 351 g/mol. The fraction of sp³-hybridized carbons (Fsp3) is 0.300. The molecule has 2 aliphatic rings. The van der Waals surface area contributed by atoms with Crippen LogP contribution in [0, 0.1) is 0 Å². The minimum atomic E-state index is -0.825. The van der Waals surface area contributed by atoms with Crippen molar-refractivity contribution in [2.45, 2.75) is 12.5 Å². The summed E-state index contributed by atoms with van der Waals surface area (Å²) in [6, 6.07) is 17.4. The van der Waals surface area contributed by atoms with Gasteiger partial charge in [0.05, 0.1) is 31.4 Å². The maximum absolute atomic E-state index is 11.6. The van der Waals surface area contributed by atoms with Gasteiger partial charge in [-0.05, 0) is 18.2 Å². The van der Waals surface area contributed by atoms with Gasteiger partial charge in [0.2, 0.25) is 5.96 Å². The normalized spacial score (nSPS) is 19.7. The molecule has 0 amide bonds. The van der Waals surface area contributed by atoms with Gasteiger partial charge in [0.25, 0.3) is 0 Å². The van der Waals surface area contributed by atoms with Crippen LogP contribution < -0.4 is 4.90 Å². The Balaban J connectivity index is 1.85. The number of aliphatic carboxylic acids is 1. The van der Waals surface area contributed by atoms with Gasteiger partial charge in [0.1, 0.15) is 0 Å². The number of morpholine rings is 1. The van der Waals surface area contributed by atoms with Crippen LogP contribution in [0.4, 0.5) is 11.4 Å². The number of nitrogens with zero attached hydrogens (tertiary/aromatic N) is 3. The molecule has 0 aliphatic carbocycles. The maximum Gasteiger partial charge on any atom is 0.305 e. The number of benzene rings is 2. The van der Waals surface area contributed by atoms with Gasteiger partial charge in [0, 0.05) is 24.3 Å². The van der Waals surface area contributed by atoms with E-state index in [1.165, 1.54) is 0 Å². The third-order valence-electron chi connectivity index (χ3n) is 4.74. The summed E-state index contributed by atoms with van der Waals surface area (Å²) in [6.45, 7) is 2.77. The molecule has 4 rings (SSSR count). The smallest absolute Gasteiger partial charge is 0.305 e. The zero-order valence-electron chi connectivity index (χ0n) is 14.4. The number of anilines is 1. The molecule has 1 saturated heterocycles. The highest BCUT2D eigenvalue weighted by Gasteiger charge is 2.35. The van der Waals surface area contributed by atoms with Crippen molar-refractivity contribution in [2.24, 2.45) is 4.99 Å². The van der Waals surface area contributed by atoms with Crippen LogP contribution in [0.25, 0.3) is 0 Å². The molecule has 6 nitrogen and oxygen atoms in total. The highest BCUT2D eigenvalue weighted by Crippen LogP contribution is 2.40. The minimum absolute atomic E-state index is 0.00919. The van der Waals surface area contributed by atoms with Crippen molar-refractivity contribution < 1.29 is 14.6 Å². The highest BCUT2D eigenvalue weighted by molar-refractivity contribution is 6.01. The van der Waals surface area contributed by atoms with Crippen LogP contribution in [0.15, 0.2) is 59.6 Å². The molecule has 0 spiro atoms. The summed E-state index contributed by atoms with van der Waals surface area (Å²) in [5, 5.41) is 9.55. The van der Waals surface area contributed by atoms with Gasteiger partial charge < -0.3 is 19.6 Å². The second-order valence-corrected chi connectivity index (χ2v) is 6.39. The number of para-hydroxylation sites is 2. The van der Waals surface area contributed by atoms with Gasteiger partial charge >= 0.3 is 5.97 Å². The second kappa shape index (κ2) is 7.17. The van der Waals surface area contributed by atoms with Crippen molar-refractivity contribution in [3.63, 3.8) is 0 Å². The molecule has 6 heteroatoms. The first kappa shape index (κ1) is 16.6. The fourth-order valence-corrected chi connectivity index (χ4v) is 3.55. The predicted molar refractivity (Wildman–Crippen MR) is 99.8 cm³/mol. The molecule has 0 radical (unpaired) electrons. The quantitative estimate of drug-likeness (QED) is 0.921. The Morgan fingerprint density at radius 1 is 1.08 bits per heavy atom. The van der Waals surface area contributed by atoms with Crippen LogP contribution in [0.1, 0.15) is 18.0 Å². The van der Waals surface area contributed by atoms with Crippen LogP contribution in [0.5, 0.6) is 0 Å². The van der Waals surface area contributed by atoms with E-state index in [4.69, 9.17) is 9.73 Å². The van der Waals surface area contributed by atoms with Crippen molar-refractivity contribution in [3.8, 4) is 0 Å². The van der Waals surface area contributed by atoms with Gasteiger partial charge in [-0.15, -0.1) is 0 Å². The Bertz CT molecular complexity index is 816. The molecular formula is C20H21N3O3. The van der Waals surface area contributed by atoms with Crippen LogP contribution >= 0.6 is 0 Å². The molecule has 2 aromatic carbocycles. The van der Waals surface area contributed by atoms with E-state index in [0.29, 0.717) is 13.2 Å². The predicted octanol–water partition coefficient (Wildman–Crippen LogP) is 3.04. The van der Waals surface area contributed by atoms with Crippen LogP contribution in [0.3, 0.4) is 0 Å². The van der Waals surface area contributed by atoms with Gasteiger partial charge in [-0.2, -0.15) is 0 Å². The molecule has 26 heavy (non-hydrogen) atoms. The average molecular weight is 351 g/mol. The number of carbonyl (C=O) groups is 1. The lowest BCUT2D eigenvalue weighted by Crippen LogP contribution is -2.52. The van der Waals surface area contributed by atoms with E-state index in [1.807, 2.05) is 54.6 Å². The molecule has 2 heterocycles. The topological polar surface area (TPSA) is 65.4 Å².